The predicted octanol–water partition coefficient (Wildman–Crippen LogP) is 2.62. The summed E-state index contributed by atoms with van der Waals surface area (Å²) in [6.07, 6.45) is 0.481. The minimum Gasteiger partial charge on any atom is -0.497 e. The third-order valence-electron chi connectivity index (χ3n) is 4.05. The van der Waals surface area contributed by atoms with Gasteiger partial charge in [-0.3, -0.25) is 25.5 Å². The number of hydrogen-bond donors (Lipinski definition) is 3. The Morgan fingerprint density at radius 3 is 2.61 bits per heavy atom. The molecule has 0 aliphatic rings. The van der Waals surface area contributed by atoms with Crippen LogP contribution in [0, 0.1) is 5.82 Å². The predicted molar refractivity (Wildman–Crippen MR) is 101 cm³/mol. The van der Waals surface area contributed by atoms with Crippen LogP contribution in [0.5, 0.6) is 5.75 Å². The molecule has 3 aromatic rings. The first-order valence-electron chi connectivity index (χ1n) is 8.58. The van der Waals surface area contributed by atoms with E-state index < -0.39 is 5.91 Å². The van der Waals surface area contributed by atoms with E-state index in [1.165, 1.54) is 12.1 Å². The standard InChI is InChI=1S/C20H19FN4O3/c1-28-16-8-6-14(7-9-16)17-12-18(23-22-17)20(27)25-24-19(26)10-5-13-3-2-4-15(21)11-13/h2-4,6-9,11-12H,5,10H2,1H3,(H,22,23)(H,24,26)(H,25,27). The first-order valence-corrected chi connectivity index (χ1v) is 8.58. The van der Waals surface area contributed by atoms with Gasteiger partial charge in [0.1, 0.15) is 17.3 Å². The van der Waals surface area contributed by atoms with Crippen molar-refractivity contribution in [3.63, 3.8) is 0 Å². The molecule has 3 N–H and O–H groups in total. The molecule has 28 heavy (non-hydrogen) atoms. The SMILES string of the molecule is COc1ccc(-c2cc(C(=O)NNC(=O)CCc3cccc(F)c3)[nH]n2)cc1. The smallest absolute Gasteiger partial charge is 0.287 e. The molecule has 0 fully saturated rings. The van der Waals surface area contributed by atoms with E-state index in [-0.39, 0.29) is 23.8 Å². The fourth-order valence-corrected chi connectivity index (χ4v) is 2.55. The maximum Gasteiger partial charge on any atom is 0.287 e. The van der Waals surface area contributed by atoms with Crippen molar-refractivity contribution < 1.29 is 18.7 Å². The Balaban J connectivity index is 1.50. The van der Waals surface area contributed by atoms with Crippen LogP contribution in [-0.2, 0) is 11.2 Å². The van der Waals surface area contributed by atoms with Crippen LogP contribution in [0.4, 0.5) is 4.39 Å². The van der Waals surface area contributed by atoms with Gasteiger partial charge in [-0.05, 0) is 54.4 Å². The van der Waals surface area contributed by atoms with Gasteiger partial charge in [0.25, 0.3) is 5.91 Å². The number of H-pyrrole nitrogens is 1. The van der Waals surface area contributed by atoms with Crippen LogP contribution in [0.1, 0.15) is 22.5 Å². The number of rotatable bonds is 6. The number of methoxy groups -OCH3 is 1. The highest BCUT2D eigenvalue weighted by Gasteiger charge is 2.12. The van der Waals surface area contributed by atoms with Gasteiger partial charge in [0.15, 0.2) is 0 Å². The number of carbonyl (C=O) groups is 2. The normalized spacial score (nSPS) is 10.4. The van der Waals surface area contributed by atoms with Gasteiger partial charge in [-0.2, -0.15) is 5.10 Å². The van der Waals surface area contributed by atoms with Gasteiger partial charge >= 0.3 is 0 Å². The largest absolute Gasteiger partial charge is 0.497 e. The lowest BCUT2D eigenvalue weighted by Gasteiger charge is -2.06. The summed E-state index contributed by atoms with van der Waals surface area (Å²) < 4.78 is 18.2. The van der Waals surface area contributed by atoms with Crippen molar-refractivity contribution in [2.24, 2.45) is 0 Å². The number of aromatic nitrogens is 2. The number of hydrogen-bond acceptors (Lipinski definition) is 4. The Hall–Kier alpha value is -3.68. The van der Waals surface area contributed by atoms with Gasteiger partial charge in [-0.15, -0.1) is 0 Å². The zero-order valence-corrected chi connectivity index (χ0v) is 15.2. The van der Waals surface area contributed by atoms with Crippen LogP contribution in [-0.4, -0.2) is 29.1 Å². The maximum atomic E-state index is 13.1. The zero-order valence-electron chi connectivity index (χ0n) is 15.2. The first kappa shape index (κ1) is 19.1. The highest BCUT2D eigenvalue weighted by atomic mass is 19.1. The van der Waals surface area contributed by atoms with Crippen molar-refractivity contribution >= 4 is 11.8 Å². The molecule has 1 heterocycles. The first-order chi connectivity index (χ1) is 13.5. The number of aryl methyl sites for hydroxylation is 1. The molecule has 144 valence electrons. The van der Waals surface area contributed by atoms with E-state index in [1.807, 2.05) is 12.1 Å². The van der Waals surface area contributed by atoms with Gasteiger partial charge < -0.3 is 4.74 Å². The molecule has 3 rings (SSSR count). The van der Waals surface area contributed by atoms with E-state index in [4.69, 9.17) is 4.74 Å². The molecule has 0 unspecified atom stereocenters. The van der Waals surface area contributed by atoms with Gasteiger partial charge in [0.2, 0.25) is 5.91 Å². The minimum atomic E-state index is -0.522. The maximum absolute atomic E-state index is 13.1. The molecule has 0 spiro atoms. The van der Waals surface area contributed by atoms with E-state index >= 15 is 0 Å². The van der Waals surface area contributed by atoms with Gasteiger partial charge in [0.05, 0.1) is 12.8 Å². The topological polar surface area (TPSA) is 96.1 Å². The lowest BCUT2D eigenvalue weighted by atomic mass is 10.1. The summed E-state index contributed by atoms with van der Waals surface area (Å²) in [6.45, 7) is 0. The van der Waals surface area contributed by atoms with Crippen molar-refractivity contribution in [2.75, 3.05) is 7.11 Å². The molecule has 0 saturated heterocycles. The number of carbonyl (C=O) groups excluding carboxylic acids is 2. The second kappa shape index (κ2) is 8.81. The Labute approximate surface area is 160 Å². The second-order valence-corrected chi connectivity index (χ2v) is 6.03. The van der Waals surface area contributed by atoms with Crippen molar-refractivity contribution in [3.8, 4) is 17.0 Å². The zero-order chi connectivity index (χ0) is 19.9. The molecule has 0 atom stereocenters. The number of hydrazine groups is 1. The lowest BCUT2D eigenvalue weighted by Crippen LogP contribution is -2.41. The van der Waals surface area contributed by atoms with E-state index in [9.17, 15) is 14.0 Å². The van der Waals surface area contributed by atoms with Gasteiger partial charge in [0, 0.05) is 12.0 Å². The number of aromatic amines is 1. The summed E-state index contributed by atoms with van der Waals surface area (Å²) in [5.41, 5.74) is 6.97. The van der Waals surface area contributed by atoms with Crippen LogP contribution in [0.15, 0.2) is 54.6 Å². The average molecular weight is 382 g/mol. The Morgan fingerprint density at radius 1 is 1.11 bits per heavy atom. The molecular formula is C20H19FN4O3. The van der Waals surface area contributed by atoms with Crippen molar-refractivity contribution in [2.45, 2.75) is 12.8 Å². The molecule has 0 aliphatic heterocycles. The highest BCUT2D eigenvalue weighted by molar-refractivity contribution is 5.94. The summed E-state index contributed by atoms with van der Waals surface area (Å²) in [6, 6.07) is 14.9. The van der Waals surface area contributed by atoms with Crippen molar-refractivity contribution in [3.05, 3.63) is 71.7 Å². The van der Waals surface area contributed by atoms with Crippen molar-refractivity contribution in [1.82, 2.24) is 21.0 Å². The lowest BCUT2D eigenvalue weighted by molar-refractivity contribution is -0.121. The molecule has 0 saturated carbocycles. The molecule has 1 aromatic heterocycles. The quantitative estimate of drug-likeness (QED) is 0.571. The number of benzene rings is 2. The Morgan fingerprint density at radius 2 is 1.89 bits per heavy atom. The van der Waals surface area contributed by atoms with E-state index in [2.05, 4.69) is 21.0 Å². The number of nitrogens with one attached hydrogen (secondary N) is 3. The molecule has 2 aromatic carbocycles. The van der Waals surface area contributed by atoms with Crippen LogP contribution in [0.3, 0.4) is 0 Å². The van der Waals surface area contributed by atoms with E-state index in [1.54, 1.807) is 37.4 Å². The third kappa shape index (κ3) is 4.94. The molecule has 7 nitrogen and oxygen atoms in total. The summed E-state index contributed by atoms with van der Waals surface area (Å²) in [4.78, 5) is 24.0. The highest BCUT2D eigenvalue weighted by Crippen LogP contribution is 2.21. The Kier molecular flexibility index (Phi) is 6.01. The molecule has 2 amide bonds. The van der Waals surface area contributed by atoms with E-state index in [0.29, 0.717) is 17.7 Å². The van der Waals surface area contributed by atoms with Gasteiger partial charge in [-0.1, -0.05) is 12.1 Å². The number of ether oxygens (including phenoxy) is 1. The summed E-state index contributed by atoms with van der Waals surface area (Å²) in [5.74, 6) is -0.532. The third-order valence-corrected chi connectivity index (χ3v) is 4.05. The monoisotopic (exact) mass is 382 g/mol. The summed E-state index contributed by atoms with van der Waals surface area (Å²) in [7, 11) is 1.58. The Bertz CT molecular complexity index is 970. The van der Waals surface area contributed by atoms with Crippen molar-refractivity contribution in [1.29, 1.82) is 0 Å². The number of amides is 2. The number of nitrogens with zero attached hydrogens (tertiary/aromatic N) is 1. The summed E-state index contributed by atoms with van der Waals surface area (Å²) >= 11 is 0. The fraction of sp³-hybridized carbons (Fsp3) is 0.150. The molecule has 0 aliphatic carbocycles. The van der Waals surface area contributed by atoms with Crippen LogP contribution >= 0.6 is 0 Å². The fourth-order valence-electron chi connectivity index (χ4n) is 2.55. The number of halogens is 1. The summed E-state index contributed by atoms with van der Waals surface area (Å²) in [5, 5.41) is 6.73. The molecule has 0 bridgehead atoms. The average Bonchev–Trinajstić information content (AvgIpc) is 3.21. The van der Waals surface area contributed by atoms with E-state index in [0.717, 1.165) is 11.3 Å². The van der Waals surface area contributed by atoms with Crippen LogP contribution < -0.4 is 15.6 Å². The second-order valence-electron chi connectivity index (χ2n) is 6.03. The molecule has 0 radical (unpaired) electrons. The van der Waals surface area contributed by atoms with Crippen LogP contribution in [0.2, 0.25) is 0 Å². The minimum absolute atomic E-state index is 0.115. The molecule has 8 heteroatoms. The molecular weight excluding hydrogens is 363 g/mol. The van der Waals surface area contributed by atoms with Gasteiger partial charge in [-0.25, -0.2) is 4.39 Å². The van der Waals surface area contributed by atoms with Crippen LogP contribution in [0.25, 0.3) is 11.3 Å².